The predicted molar refractivity (Wildman–Crippen MR) is 72.6 cm³/mol. The molecule has 2 rings (SSSR count). The maximum atomic E-state index is 6.30. The summed E-state index contributed by atoms with van der Waals surface area (Å²) in [5.41, 5.74) is 1.51. The van der Waals surface area contributed by atoms with Gasteiger partial charge in [0.25, 0.3) is 0 Å². The summed E-state index contributed by atoms with van der Waals surface area (Å²) in [7, 11) is 0. The summed E-state index contributed by atoms with van der Waals surface area (Å²) in [5.74, 6) is 1.12. The number of hydrogen-bond donors (Lipinski definition) is 0. The standard InChI is InChI=1S/C16H24O/c1-3-5-11-16(12-6-4-2)13-14-9-7-8-10-15(14)17-16/h7-10H,3-6,11-13H2,1-2H3. The minimum absolute atomic E-state index is 0.107. The average molecular weight is 232 g/mol. The van der Waals surface area contributed by atoms with E-state index < -0.39 is 0 Å². The largest absolute Gasteiger partial charge is 0.487 e. The molecule has 0 amide bonds. The molecule has 0 N–H and O–H groups in total. The van der Waals surface area contributed by atoms with Crippen molar-refractivity contribution in [3.05, 3.63) is 29.8 Å². The van der Waals surface area contributed by atoms with Gasteiger partial charge in [-0.3, -0.25) is 0 Å². The molecule has 1 heteroatoms. The molecule has 1 heterocycles. The molecule has 1 aliphatic heterocycles. The molecule has 1 aromatic rings. The Kier molecular flexibility index (Phi) is 4.09. The lowest BCUT2D eigenvalue weighted by Crippen LogP contribution is -2.34. The summed E-state index contributed by atoms with van der Waals surface area (Å²) >= 11 is 0. The van der Waals surface area contributed by atoms with Crippen LogP contribution >= 0.6 is 0 Å². The van der Waals surface area contributed by atoms with Crippen molar-refractivity contribution in [2.24, 2.45) is 0 Å². The maximum Gasteiger partial charge on any atom is 0.123 e. The van der Waals surface area contributed by atoms with Gasteiger partial charge in [0.15, 0.2) is 0 Å². The number of benzene rings is 1. The van der Waals surface area contributed by atoms with E-state index in [9.17, 15) is 0 Å². The van der Waals surface area contributed by atoms with Gasteiger partial charge >= 0.3 is 0 Å². The first-order chi connectivity index (χ1) is 8.29. The Morgan fingerprint density at radius 3 is 2.29 bits per heavy atom. The van der Waals surface area contributed by atoms with Crippen LogP contribution in [0.2, 0.25) is 0 Å². The van der Waals surface area contributed by atoms with Gasteiger partial charge in [-0.15, -0.1) is 0 Å². The Hall–Kier alpha value is -0.980. The number of unbranched alkanes of at least 4 members (excludes halogenated alkanes) is 2. The van der Waals surface area contributed by atoms with E-state index in [1.807, 2.05) is 0 Å². The van der Waals surface area contributed by atoms with E-state index >= 15 is 0 Å². The third-order valence-electron chi connectivity index (χ3n) is 3.78. The fraction of sp³-hybridized carbons (Fsp3) is 0.625. The molecule has 0 spiro atoms. The van der Waals surface area contributed by atoms with Crippen LogP contribution in [0, 0.1) is 0 Å². The monoisotopic (exact) mass is 232 g/mol. The Morgan fingerprint density at radius 1 is 1.06 bits per heavy atom. The van der Waals surface area contributed by atoms with Crippen LogP contribution in [0.4, 0.5) is 0 Å². The minimum Gasteiger partial charge on any atom is -0.487 e. The lowest BCUT2D eigenvalue weighted by molar-refractivity contribution is 0.0696. The highest BCUT2D eigenvalue weighted by atomic mass is 16.5. The zero-order valence-electron chi connectivity index (χ0n) is 11.2. The normalized spacial score (nSPS) is 16.6. The van der Waals surface area contributed by atoms with Crippen molar-refractivity contribution >= 4 is 0 Å². The van der Waals surface area contributed by atoms with Crippen molar-refractivity contribution in [1.29, 1.82) is 0 Å². The van der Waals surface area contributed by atoms with Gasteiger partial charge in [0.1, 0.15) is 11.4 Å². The Bertz CT molecular complexity index is 321. The van der Waals surface area contributed by atoms with Gasteiger partial charge in [-0.2, -0.15) is 0 Å². The zero-order valence-corrected chi connectivity index (χ0v) is 11.2. The van der Waals surface area contributed by atoms with Crippen molar-refractivity contribution in [3.8, 4) is 5.75 Å². The van der Waals surface area contributed by atoms with Gasteiger partial charge in [0, 0.05) is 6.42 Å². The van der Waals surface area contributed by atoms with Gasteiger partial charge in [-0.05, 0) is 37.3 Å². The first-order valence-electron chi connectivity index (χ1n) is 7.06. The molecular weight excluding hydrogens is 208 g/mol. The topological polar surface area (TPSA) is 9.23 Å². The summed E-state index contributed by atoms with van der Waals surface area (Å²) in [6.45, 7) is 4.52. The van der Waals surface area contributed by atoms with Crippen LogP contribution in [0.5, 0.6) is 5.75 Å². The maximum absolute atomic E-state index is 6.30. The molecule has 94 valence electrons. The highest BCUT2D eigenvalue weighted by Crippen LogP contribution is 2.40. The second kappa shape index (κ2) is 5.57. The van der Waals surface area contributed by atoms with Gasteiger partial charge in [-0.1, -0.05) is 44.9 Å². The predicted octanol–water partition coefficient (Wildman–Crippen LogP) is 4.74. The SMILES string of the molecule is CCCCC1(CCCC)Cc2ccccc2O1. The average Bonchev–Trinajstić information content (AvgIpc) is 2.73. The molecule has 0 saturated heterocycles. The summed E-state index contributed by atoms with van der Waals surface area (Å²) in [4.78, 5) is 0. The zero-order chi connectivity index (χ0) is 12.1. The smallest absolute Gasteiger partial charge is 0.123 e. The number of hydrogen-bond acceptors (Lipinski definition) is 1. The molecule has 1 aliphatic rings. The van der Waals surface area contributed by atoms with Crippen molar-refractivity contribution < 1.29 is 4.74 Å². The number of para-hydroxylation sites is 1. The van der Waals surface area contributed by atoms with Crippen molar-refractivity contribution in [2.45, 2.75) is 64.4 Å². The second-order valence-electron chi connectivity index (χ2n) is 5.28. The molecule has 0 atom stereocenters. The molecule has 0 aromatic heterocycles. The van der Waals surface area contributed by atoms with E-state index in [2.05, 4.69) is 38.1 Å². The number of rotatable bonds is 6. The van der Waals surface area contributed by atoms with Crippen LogP contribution in [0.1, 0.15) is 57.9 Å². The highest BCUT2D eigenvalue weighted by Gasteiger charge is 2.37. The van der Waals surface area contributed by atoms with Crippen LogP contribution in [0.15, 0.2) is 24.3 Å². The first-order valence-corrected chi connectivity index (χ1v) is 7.06. The fourth-order valence-electron chi connectivity index (χ4n) is 2.77. The molecule has 1 aromatic carbocycles. The van der Waals surface area contributed by atoms with E-state index in [4.69, 9.17) is 4.74 Å². The lowest BCUT2D eigenvalue weighted by Gasteiger charge is -2.29. The summed E-state index contributed by atoms with van der Waals surface area (Å²) in [5, 5.41) is 0. The summed E-state index contributed by atoms with van der Waals surface area (Å²) in [6, 6.07) is 8.54. The highest BCUT2D eigenvalue weighted by molar-refractivity contribution is 5.39. The molecule has 1 nitrogen and oxygen atoms in total. The van der Waals surface area contributed by atoms with E-state index in [0.717, 1.165) is 12.2 Å². The Labute approximate surface area is 105 Å². The van der Waals surface area contributed by atoms with Crippen LogP contribution < -0.4 is 4.74 Å². The minimum atomic E-state index is 0.107. The molecule has 0 radical (unpaired) electrons. The second-order valence-corrected chi connectivity index (χ2v) is 5.28. The van der Waals surface area contributed by atoms with Crippen LogP contribution in [0.3, 0.4) is 0 Å². The van der Waals surface area contributed by atoms with E-state index in [0.29, 0.717) is 0 Å². The molecule has 0 fully saturated rings. The molecule has 0 bridgehead atoms. The number of fused-ring (bicyclic) bond motifs is 1. The molecule has 0 unspecified atom stereocenters. The number of ether oxygens (including phenoxy) is 1. The molecule has 0 aliphatic carbocycles. The first kappa shape index (κ1) is 12.5. The van der Waals surface area contributed by atoms with E-state index in [-0.39, 0.29) is 5.60 Å². The fourth-order valence-corrected chi connectivity index (χ4v) is 2.77. The van der Waals surface area contributed by atoms with Crippen molar-refractivity contribution in [1.82, 2.24) is 0 Å². The Morgan fingerprint density at radius 2 is 1.71 bits per heavy atom. The van der Waals surface area contributed by atoms with Crippen molar-refractivity contribution in [2.75, 3.05) is 0 Å². The summed E-state index contributed by atoms with van der Waals surface area (Å²) < 4.78 is 6.30. The molecule has 0 saturated carbocycles. The van der Waals surface area contributed by atoms with Crippen LogP contribution in [-0.4, -0.2) is 5.60 Å². The quantitative estimate of drug-likeness (QED) is 0.688. The summed E-state index contributed by atoms with van der Waals surface area (Å²) in [6.07, 6.45) is 8.59. The van der Waals surface area contributed by atoms with Crippen LogP contribution in [-0.2, 0) is 6.42 Å². The van der Waals surface area contributed by atoms with Gasteiger partial charge in [0.05, 0.1) is 0 Å². The van der Waals surface area contributed by atoms with Crippen molar-refractivity contribution in [3.63, 3.8) is 0 Å². The van der Waals surface area contributed by atoms with Gasteiger partial charge in [0.2, 0.25) is 0 Å². The molecule has 17 heavy (non-hydrogen) atoms. The third-order valence-corrected chi connectivity index (χ3v) is 3.78. The third kappa shape index (κ3) is 2.83. The van der Waals surface area contributed by atoms with E-state index in [1.54, 1.807) is 0 Å². The lowest BCUT2D eigenvalue weighted by atomic mass is 9.87. The molecular formula is C16H24O. The van der Waals surface area contributed by atoms with E-state index in [1.165, 1.54) is 44.1 Å². The van der Waals surface area contributed by atoms with Gasteiger partial charge < -0.3 is 4.74 Å². The van der Waals surface area contributed by atoms with Gasteiger partial charge in [-0.25, -0.2) is 0 Å². The Balaban J connectivity index is 2.09. The van der Waals surface area contributed by atoms with Crippen LogP contribution in [0.25, 0.3) is 0 Å².